The normalized spacial score (nSPS) is 20.7. The molecule has 0 radical (unpaired) electrons. The van der Waals surface area contributed by atoms with Crippen LogP contribution in [0.1, 0.15) is 23.7 Å². The number of benzene rings is 1. The summed E-state index contributed by atoms with van der Waals surface area (Å²) in [5, 5.41) is 2.93. The van der Waals surface area contributed by atoms with Gasteiger partial charge in [-0.1, -0.05) is 0 Å². The molecule has 1 aromatic carbocycles. The summed E-state index contributed by atoms with van der Waals surface area (Å²) in [5.74, 6) is -0.204. The van der Waals surface area contributed by atoms with Gasteiger partial charge in [0.15, 0.2) is 0 Å². The highest BCUT2D eigenvalue weighted by molar-refractivity contribution is 9.10. The molecule has 3 nitrogen and oxygen atoms in total. The number of carbonyl (C=O) groups is 1. The Morgan fingerprint density at radius 3 is 3.00 bits per heavy atom. The molecule has 1 saturated heterocycles. The van der Waals surface area contributed by atoms with Crippen molar-refractivity contribution in [3.05, 3.63) is 34.1 Å². The Hall–Kier alpha value is -0.940. The number of halogens is 2. The molecule has 1 aliphatic heterocycles. The summed E-state index contributed by atoms with van der Waals surface area (Å²) in [6.07, 6.45) is 0.964. The molecule has 98 valence electrons. The van der Waals surface area contributed by atoms with Gasteiger partial charge >= 0.3 is 0 Å². The monoisotopic (exact) mass is 315 g/mol. The Labute approximate surface area is 114 Å². The summed E-state index contributed by atoms with van der Waals surface area (Å²) in [6, 6.07) is 4.10. The van der Waals surface area contributed by atoms with Gasteiger partial charge in [0.05, 0.1) is 12.2 Å². The van der Waals surface area contributed by atoms with Gasteiger partial charge in [-0.15, -0.1) is 0 Å². The lowest BCUT2D eigenvalue weighted by Gasteiger charge is -2.19. The van der Waals surface area contributed by atoms with Crippen LogP contribution in [0, 0.1) is 11.7 Å². The second-order valence-electron chi connectivity index (χ2n) is 4.51. The van der Waals surface area contributed by atoms with E-state index in [1.807, 2.05) is 6.92 Å². The molecule has 2 atom stereocenters. The van der Waals surface area contributed by atoms with Crippen molar-refractivity contribution in [3.8, 4) is 0 Å². The minimum Gasteiger partial charge on any atom is -0.381 e. The fraction of sp³-hybridized carbons (Fsp3) is 0.462. The SMILES string of the molecule is CC(NC(=O)c1ccc(F)cc1Br)C1CCOC1. The van der Waals surface area contributed by atoms with Gasteiger partial charge in [0.25, 0.3) is 5.91 Å². The molecule has 1 aliphatic rings. The van der Waals surface area contributed by atoms with Gasteiger partial charge < -0.3 is 10.1 Å². The molecule has 0 bridgehead atoms. The maximum Gasteiger partial charge on any atom is 0.252 e. The fourth-order valence-corrected chi connectivity index (χ4v) is 2.55. The van der Waals surface area contributed by atoms with Crippen LogP contribution in [0.15, 0.2) is 22.7 Å². The number of ether oxygens (including phenoxy) is 1. The molecular weight excluding hydrogens is 301 g/mol. The van der Waals surface area contributed by atoms with Crippen molar-refractivity contribution in [3.63, 3.8) is 0 Å². The highest BCUT2D eigenvalue weighted by Gasteiger charge is 2.24. The lowest BCUT2D eigenvalue weighted by molar-refractivity contribution is 0.0921. The zero-order valence-electron chi connectivity index (χ0n) is 10.1. The van der Waals surface area contributed by atoms with Crippen LogP contribution in [0.2, 0.25) is 0 Å². The van der Waals surface area contributed by atoms with E-state index >= 15 is 0 Å². The number of hydrogen-bond acceptors (Lipinski definition) is 2. The van der Waals surface area contributed by atoms with Gasteiger partial charge in [-0.2, -0.15) is 0 Å². The van der Waals surface area contributed by atoms with Crippen LogP contribution in [0.5, 0.6) is 0 Å². The molecule has 5 heteroatoms. The van der Waals surface area contributed by atoms with Gasteiger partial charge in [-0.3, -0.25) is 4.79 Å². The van der Waals surface area contributed by atoms with Gasteiger partial charge in [0.2, 0.25) is 0 Å². The Morgan fingerprint density at radius 1 is 1.61 bits per heavy atom. The maximum absolute atomic E-state index is 12.9. The summed E-state index contributed by atoms with van der Waals surface area (Å²) in [5.41, 5.74) is 0.446. The number of amides is 1. The van der Waals surface area contributed by atoms with Crippen LogP contribution in [-0.2, 0) is 4.74 Å². The van der Waals surface area contributed by atoms with Crippen LogP contribution in [0.25, 0.3) is 0 Å². The zero-order valence-corrected chi connectivity index (χ0v) is 11.7. The quantitative estimate of drug-likeness (QED) is 0.931. The van der Waals surface area contributed by atoms with Gasteiger partial charge in [0, 0.05) is 23.0 Å². The zero-order chi connectivity index (χ0) is 13.1. The molecule has 0 aromatic heterocycles. The number of carbonyl (C=O) groups excluding carboxylic acids is 1. The highest BCUT2D eigenvalue weighted by Crippen LogP contribution is 2.20. The third kappa shape index (κ3) is 3.09. The van der Waals surface area contributed by atoms with E-state index < -0.39 is 0 Å². The van der Waals surface area contributed by atoms with Crippen molar-refractivity contribution in [1.29, 1.82) is 0 Å². The van der Waals surface area contributed by atoms with E-state index in [1.165, 1.54) is 18.2 Å². The molecular formula is C13H15BrFNO2. The topological polar surface area (TPSA) is 38.3 Å². The van der Waals surface area contributed by atoms with E-state index in [9.17, 15) is 9.18 Å². The summed E-state index contributed by atoms with van der Waals surface area (Å²) < 4.78 is 18.7. The van der Waals surface area contributed by atoms with Crippen LogP contribution >= 0.6 is 15.9 Å². The van der Waals surface area contributed by atoms with Gasteiger partial charge in [-0.25, -0.2) is 4.39 Å². The van der Waals surface area contributed by atoms with Crippen molar-refractivity contribution in [2.45, 2.75) is 19.4 Å². The van der Waals surface area contributed by atoms with Crippen molar-refractivity contribution >= 4 is 21.8 Å². The molecule has 18 heavy (non-hydrogen) atoms. The molecule has 1 heterocycles. The first-order valence-electron chi connectivity index (χ1n) is 5.91. The van der Waals surface area contributed by atoms with Crippen LogP contribution in [0.4, 0.5) is 4.39 Å². The second kappa shape index (κ2) is 5.80. The first-order valence-corrected chi connectivity index (χ1v) is 6.71. The largest absolute Gasteiger partial charge is 0.381 e. The predicted molar refractivity (Wildman–Crippen MR) is 70.0 cm³/mol. The van der Waals surface area contributed by atoms with E-state index in [1.54, 1.807) is 0 Å². The van der Waals surface area contributed by atoms with Crippen LogP contribution in [0.3, 0.4) is 0 Å². The number of rotatable bonds is 3. The molecule has 0 saturated carbocycles. The van der Waals surface area contributed by atoms with E-state index in [0.717, 1.165) is 13.0 Å². The van der Waals surface area contributed by atoms with Gasteiger partial charge in [-0.05, 0) is 47.5 Å². The Bertz CT molecular complexity index is 447. The molecule has 1 fully saturated rings. The van der Waals surface area contributed by atoms with E-state index in [2.05, 4.69) is 21.2 Å². The summed E-state index contributed by atoms with van der Waals surface area (Å²) in [7, 11) is 0. The highest BCUT2D eigenvalue weighted by atomic mass is 79.9. The maximum atomic E-state index is 12.9. The summed E-state index contributed by atoms with van der Waals surface area (Å²) >= 11 is 3.20. The standard InChI is InChI=1S/C13H15BrFNO2/c1-8(9-4-5-18-7-9)16-13(17)11-3-2-10(15)6-12(11)14/h2-3,6,8-9H,4-5,7H2,1H3,(H,16,17). The molecule has 2 unspecified atom stereocenters. The van der Waals surface area contributed by atoms with Gasteiger partial charge in [0.1, 0.15) is 5.82 Å². The van der Waals surface area contributed by atoms with Crippen molar-refractivity contribution in [2.24, 2.45) is 5.92 Å². The van der Waals surface area contributed by atoms with Crippen molar-refractivity contribution in [2.75, 3.05) is 13.2 Å². The van der Waals surface area contributed by atoms with Crippen molar-refractivity contribution in [1.82, 2.24) is 5.32 Å². The second-order valence-corrected chi connectivity index (χ2v) is 5.36. The average Bonchev–Trinajstić information content (AvgIpc) is 2.81. The third-order valence-corrected chi connectivity index (χ3v) is 3.86. The molecule has 1 aromatic rings. The third-order valence-electron chi connectivity index (χ3n) is 3.21. The van der Waals surface area contributed by atoms with Crippen LogP contribution in [-0.4, -0.2) is 25.2 Å². The van der Waals surface area contributed by atoms with Crippen LogP contribution < -0.4 is 5.32 Å². The lowest BCUT2D eigenvalue weighted by atomic mass is 10.0. The van der Waals surface area contributed by atoms with Crippen molar-refractivity contribution < 1.29 is 13.9 Å². The predicted octanol–water partition coefficient (Wildman–Crippen LogP) is 2.74. The first kappa shape index (κ1) is 13.5. The Balaban J connectivity index is 2.02. The van der Waals surface area contributed by atoms with E-state index in [4.69, 9.17) is 4.74 Å². The summed E-state index contributed by atoms with van der Waals surface area (Å²) in [6.45, 7) is 3.41. The molecule has 1 amide bonds. The van der Waals surface area contributed by atoms with E-state index in [-0.39, 0.29) is 17.8 Å². The average molecular weight is 316 g/mol. The Kier molecular flexibility index (Phi) is 4.35. The Morgan fingerprint density at radius 2 is 2.39 bits per heavy atom. The molecule has 1 N–H and O–H groups in total. The fourth-order valence-electron chi connectivity index (χ4n) is 2.02. The minimum atomic E-state index is -0.365. The minimum absolute atomic E-state index is 0.0527. The molecule has 0 aliphatic carbocycles. The number of nitrogens with one attached hydrogen (secondary N) is 1. The summed E-state index contributed by atoms with van der Waals surface area (Å²) in [4.78, 5) is 12.0. The smallest absolute Gasteiger partial charge is 0.252 e. The molecule has 2 rings (SSSR count). The molecule has 0 spiro atoms. The lowest BCUT2D eigenvalue weighted by Crippen LogP contribution is -2.38. The number of hydrogen-bond donors (Lipinski definition) is 1. The first-order chi connectivity index (χ1) is 8.58. The van der Waals surface area contributed by atoms with E-state index in [0.29, 0.717) is 22.6 Å².